The van der Waals surface area contributed by atoms with Gasteiger partial charge in [-0.2, -0.15) is 0 Å². The number of piperazine rings is 1. The highest BCUT2D eigenvalue weighted by Crippen LogP contribution is 2.34. The van der Waals surface area contributed by atoms with Gasteiger partial charge in [-0.15, -0.1) is 0 Å². The summed E-state index contributed by atoms with van der Waals surface area (Å²) in [6, 6.07) is 6.27. The van der Waals surface area contributed by atoms with E-state index in [9.17, 15) is 4.79 Å². The molecule has 4 nitrogen and oxygen atoms in total. The summed E-state index contributed by atoms with van der Waals surface area (Å²) in [6.45, 7) is 5.73. The summed E-state index contributed by atoms with van der Waals surface area (Å²) in [5.41, 5.74) is 5.04. The van der Waals surface area contributed by atoms with Crippen LogP contribution in [0, 0.1) is 5.92 Å². The maximum atomic E-state index is 12.8. The van der Waals surface area contributed by atoms with Gasteiger partial charge in [-0.1, -0.05) is 6.92 Å². The van der Waals surface area contributed by atoms with E-state index in [1.807, 2.05) is 11.0 Å². The van der Waals surface area contributed by atoms with E-state index in [1.165, 1.54) is 28.6 Å². The molecule has 2 aromatic rings. The molecule has 1 amide bonds. The van der Waals surface area contributed by atoms with Gasteiger partial charge >= 0.3 is 0 Å². The first-order valence-corrected chi connectivity index (χ1v) is 8.75. The molecule has 1 atom stereocenters. The number of rotatable bonds is 1. The number of benzene rings is 1. The van der Waals surface area contributed by atoms with Crippen LogP contribution < -0.4 is 5.32 Å². The fourth-order valence-electron chi connectivity index (χ4n) is 4.14. The fraction of sp³-hybridized carbons (Fsp3) is 0.526. The standard InChI is InChI=1S/C19H25N3O/c1-13-3-5-17-15(11-13)16-12-14(4-6-18(16)21(17)2)19(23)22-9-7-20-8-10-22/h4,6,12-13,20H,3,5,7-11H2,1-2H3. The van der Waals surface area contributed by atoms with E-state index >= 15 is 0 Å². The monoisotopic (exact) mass is 311 g/mol. The first-order valence-electron chi connectivity index (χ1n) is 8.75. The Hall–Kier alpha value is -1.81. The number of hydrogen-bond acceptors (Lipinski definition) is 2. The number of nitrogens with one attached hydrogen (secondary N) is 1. The molecule has 23 heavy (non-hydrogen) atoms. The number of carbonyl (C=O) groups excluding carboxylic acids is 1. The van der Waals surface area contributed by atoms with Gasteiger partial charge in [0.2, 0.25) is 0 Å². The molecular formula is C19H25N3O. The zero-order valence-electron chi connectivity index (χ0n) is 14.1. The molecule has 1 unspecified atom stereocenters. The van der Waals surface area contributed by atoms with Crippen LogP contribution in [0.4, 0.5) is 0 Å². The maximum absolute atomic E-state index is 12.8. The zero-order chi connectivity index (χ0) is 16.0. The second-order valence-electron chi connectivity index (χ2n) is 7.11. The lowest BCUT2D eigenvalue weighted by molar-refractivity contribution is 0.0736. The van der Waals surface area contributed by atoms with E-state index in [1.54, 1.807) is 0 Å². The summed E-state index contributed by atoms with van der Waals surface area (Å²) in [6.07, 6.45) is 3.56. The van der Waals surface area contributed by atoms with Crippen LogP contribution in [0.5, 0.6) is 0 Å². The molecule has 1 aliphatic heterocycles. The molecule has 1 aromatic heterocycles. The maximum Gasteiger partial charge on any atom is 0.253 e. The number of aryl methyl sites for hydroxylation is 1. The van der Waals surface area contributed by atoms with Crippen LogP contribution in [0.1, 0.15) is 35.0 Å². The summed E-state index contributed by atoms with van der Waals surface area (Å²) in [5.74, 6) is 0.912. The fourth-order valence-corrected chi connectivity index (χ4v) is 4.14. The normalized spacial score (nSPS) is 21.5. The predicted octanol–water partition coefficient (Wildman–Crippen LogP) is 2.35. The third-order valence-electron chi connectivity index (χ3n) is 5.51. The largest absolute Gasteiger partial charge is 0.347 e. The highest BCUT2D eigenvalue weighted by Gasteiger charge is 2.24. The van der Waals surface area contributed by atoms with Crippen molar-refractivity contribution in [2.24, 2.45) is 13.0 Å². The first kappa shape index (κ1) is 14.8. The van der Waals surface area contributed by atoms with Crippen molar-refractivity contribution >= 4 is 16.8 Å². The first-order chi connectivity index (χ1) is 11.1. The zero-order valence-corrected chi connectivity index (χ0v) is 14.1. The van der Waals surface area contributed by atoms with Crippen molar-refractivity contribution < 1.29 is 4.79 Å². The summed E-state index contributed by atoms with van der Waals surface area (Å²) in [5, 5.41) is 4.59. The van der Waals surface area contributed by atoms with Gasteiger partial charge in [-0.05, 0) is 48.9 Å². The minimum Gasteiger partial charge on any atom is -0.347 e. The van der Waals surface area contributed by atoms with Crippen LogP contribution in [0.3, 0.4) is 0 Å². The van der Waals surface area contributed by atoms with Gasteiger partial charge < -0.3 is 14.8 Å². The molecule has 1 saturated heterocycles. The van der Waals surface area contributed by atoms with Crippen LogP contribution in [-0.4, -0.2) is 41.6 Å². The molecule has 1 fully saturated rings. The van der Waals surface area contributed by atoms with Gasteiger partial charge in [-0.25, -0.2) is 0 Å². The van der Waals surface area contributed by atoms with Crippen LogP contribution in [0.2, 0.25) is 0 Å². The van der Waals surface area contributed by atoms with Gasteiger partial charge in [0.05, 0.1) is 0 Å². The Morgan fingerprint density at radius 3 is 2.83 bits per heavy atom. The lowest BCUT2D eigenvalue weighted by Gasteiger charge is -2.27. The minimum atomic E-state index is 0.176. The number of hydrogen-bond donors (Lipinski definition) is 1. The number of aromatic nitrogens is 1. The van der Waals surface area contributed by atoms with Gasteiger partial charge in [0.15, 0.2) is 0 Å². The van der Waals surface area contributed by atoms with Crippen molar-refractivity contribution in [1.82, 2.24) is 14.8 Å². The van der Waals surface area contributed by atoms with Gasteiger partial charge in [0.25, 0.3) is 5.91 Å². The van der Waals surface area contributed by atoms with E-state index in [0.29, 0.717) is 0 Å². The molecule has 0 radical (unpaired) electrons. The summed E-state index contributed by atoms with van der Waals surface area (Å²) in [4.78, 5) is 14.7. The Morgan fingerprint density at radius 2 is 2.04 bits per heavy atom. The molecule has 1 aromatic carbocycles. The second kappa shape index (κ2) is 5.68. The van der Waals surface area contributed by atoms with Crippen molar-refractivity contribution in [2.75, 3.05) is 26.2 Å². The third-order valence-corrected chi connectivity index (χ3v) is 5.51. The van der Waals surface area contributed by atoms with E-state index in [-0.39, 0.29) is 5.91 Å². The molecule has 2 aliphatic rings. The lowest BCUT2D eigenvalue weighted by Crippen LogP contribution is -2.46. The summed E-state index contributed by atoms with van der Waals surface area (Å²) < 4.78 is 2.33. The van der Waals surface area contributed by atoms with Crippen LogP contribution >= 0.6 is 0 Å². The Morgan fingerprint density at radius 1 is 1.26 bits per heavy atom. The third kappa shape index (κ3) is 2.45. The highest BCUT2D eigenvalue weighted by molar-refractivity contribution is 5.99. The molecule has 0 spiro atoms. The molecule has 122 valence electrons. The minimum absolute atomic E-state index is 0.176. The van der Waals surface area contributed by atoms with Crippen LogP contribution in [0.25, 0.3) is 10.9 Å². The Bertz CT molecular complexity index is 756. The van der Waals surface area contributed by atoms with Gasteiger partial charge in [-0.3, -0.25) is 4.79 Å². The Balaban J connectivity index is 1.75. The molecule has 4 heteroatoms. The Labute approximate surface area is 137 Å². The van der Waals surface area contributed by atoms with Crippen LogP contribution in [-0.2, 0) is 19.9 Å². The number of nitrogens with zero attached hydrogens (tertiary/aromatic N) is 2. The molecule has 1 aliphatic carbocycles. The van der Waals surface area contributed by atoms with Crippen molar-refractivity contribution in [2.45, 2.75) is 26.2 Å². The average Bonchev–Trinajstić information content (AvgIpc) is 2.87. The topological polar surface area (TPSA) is 37.3 Å². The van der Waals surface area contributed by atoms with Crippen molar-refractivity contribution in [3.8, 4) is 0 Å². The molecule has 2 heterocycles. The average molecular weight is 311 g/mol. The number of carbonyl (C=O) groups is 1. The van der Waals surface area contributed by atoms with Crippen LogP contribution in [0.15, 0.2) is 18.2 Å². The quantitative estimate of drug-likeness (QED) is 0.878. The highest BCUT2D eigenvalue weighted by atomic mass is 16.2. The van der Waals surface area contributed by atoms with Crippen molar-refractivity contribution in [3.05, 3.63) is 35.0 Å². The summed E-state index contributed by atoms with van der Waals surface area (Å²) >= 11 is 0. The molecule has 0 saturated carbocycles. The SMILES string of the molecule is CC1CCc2c(c3cc(C(=O)N4CCNCC4)ccc3n2C)C1. The molecular weight excluding hydrogens is 286 g/mol. The molecule has 0 bridgehead atoms. The predicted molar refractivity (Wildman–Crippen MR) is 92.9 cm³/mol. The lowest BCUT2D eigenvalue weighted by atomic mass is 9.87. The van der Waals surface area contributed by atoms with E-state index < -0.39 is 0 Å². The summed E-state index contributed by atoms with van der Waals surface area (Å²) in [7, 11) is 2.16. The van der Waals surface area contributed by atoms with Crippen molar-refractivity contribution in [3.63, 3.8) is 0 Å². The second-order valence-corrected chi connectivity index (χ2v) is 7.11. The molecule has 1 N–H and O–H groups in total. The van der Waals surface area contributed by atoms with E-state index in [2.05, 4.69) is 36.0 Å². The molecule has 4 rings (SSSR count). The van der Waals surface area contributed by atoms with Gasteiger partial charge in [0.1, 0.15) is 0 Å². The Kier molecular flexibility index (Phi) is 3.64. The van der Waals surface area contributed by atoms with Gasteiger partial charge in [0, 0.05) is 55.4 Å². The number of fused-ring (bicyclic) bond motifs is 3. The number of amides is 1. The smallest absolute Gasteiger partial charge is 0.253 e. The van der Waals surface area contributed by atoms with E-state index in [0.717, 1.165) is 50.5 Å². The van der Waals surface area contributed by atoms with Crippen molar-refractivity contribution in [1.29, 1.82) is 0 Å². The van der Waals surface area contributed by atoms with E-state index in [4.69, 9.17) is 0 Å².